The maximum Gasteiger partial charge on any atom is 0.303 e. The Kier molecular flexibility index (Phi) is 8.43. The lowest BCUT2D eigenvalue weighted by molar-refractivity contribution is -0.136. The first-order valence-electron chi connectivity index (χ1n) is 11.6. The van der Waals surface area contributed by atoms with Crippen LogP contribution in [0.4, 0.5) is 0 Å². The number of thioether (sulfide) groups is 1. The Bertz CT molecular complexity index is 900. The lowest BCUT2D eigenvalue weighted by Crippen LogP contribution is -2.36. The monoisotopic (exact) mass is 436 g/mol. The fourth-order valence-electron chi connectivity index (χ4n) is 4.65. The van der Waals surface area contributed by atoms with E-state index in [1.54, 1.807) is 0 Å². The lowest BCUT2D eigenvalue weighted by atomic mass is 9.67. The standard InChI is InChI=1S/C28H36O2S/c1-21-13-16-23(17-14-21)28(3)20-31-26-19-22(2)15-18-24(26)25(28)11-9-7-5-4-6-8-10-12-27(29)30/h6,8,13-19,25H,4-5,7,9-12,20H2,1-3H3,(H,29,30)/b8-6+. The molecule has 2 aromatic carbocycles. The van der Waals surface area contributed by atoms with Gasteiger partial charge in [0.05, 0.1) is 0 Å². The Balaban J connectivity index is 1.65. The summed E-state index contributed by atoms with van der Waals surface area (Å²) in [6.07, 6.45) is 10.9. The maximum absolute atomic E-state index is 10.6. The van der Waals surface area contributed by atoms with E-state index in [4.69, 9.17) is 5.11 Å². The highest BCUT2D eigenvalue weighted by Gasteiger charge is 2.40. The molecule has 2 aromatic rings. The molecule has 0 aliphatic carbocycles. The van der Waals surface area contributed by atoms with E-state index in [9.17, 15) is 4.79 Å². The van der Waals surface area contributed by atoms with Crippen molar-refractivity contribution in [1.82, 2.24) is 0 Å². The molecule has 1 heterocycles. The predicted octanol–water partition coefficient (Wildman–Crippen LogP) is 7.82. The van der Waals surface area contributed by atoms with E-state index in [-0.39, 0.29) is 11.8 Å². The molecule has 0 radical (unpaired) electrons. The van der Waals surface area contributed by atoms with Crippen LogP contribution in [0.2, 0.25) is 0 Å². The number of carboxylic acids is 1. The highest BCUT2D eigenvalue weighted by molar-refractivity contribution is 7.99. The first-order chi connectivity index (χ1) is 14.9. The fourth-order valence-corrected chi connectivity index (χ4v) is 6.12. The van der Waals surface area contributed by atoms with Gasteiger partial charge in [-0.05, 0) is 62.6 Å². The van der Waals surface area contributed by atoms with Gasteiger partial charge in [0.25, 0.3) is 0 Å². The minimum Gasteiger partial charge on any atom is -0.481 e. The third-order valence-electron chi connectivity index (χ3n) is 6.61. The van der Waals surface area contributed by atoms with Crippen LogP contribution in [-0.2, 0) is 10.2 Å². The van der Waals surface area contributed by atoms with Gasteiger partial charge in [0, 0.05) is 22.5 Å². The largest absolute Gasteiger partial charge is 0.481 e. The molecule has 166 valence electrons. The maximum atomic E-state index is 10.6. The summed E-state index contributed by atoms with van der Waals surface area (Å²) in [7, 11) is 0. The molecule has 3 rings (SSSR count). The van der Waals surface area contributed by atoms with Crippen LogP contribution in [0, 0.1) is 13.8 Å². The SMILES string of the molecule is Cc1ccc(C2(C)CSc3cc(C)ccc3C2CCCCC/C=C/CCC(=O)O)cc1. The van der Waals surface area contributed by atoms with E-state index in [2.05, 4.69) is 69.3 Å². The van der Waals surface area contributed by atoms with Crippen molar-refractivity contribution >= 4 is 17.7 Å². The van der Waals surface area contributed by atoms with Crippen LogP contribution in [0.3, 0.4) is 0 Å². The second-order valence-corrected chi connectivity index (χ2v) is 10.2. The van der Waals surface area contributed by atoms with Crippen molar-refractivity contribution in [3.8, 4) is 0 Å². The number of unbranched alkanes of at least 4 members (excludes halogenated alkanes) is 3. The van der Waals surface area contributed by atoms with Gasteiger partial charge < -0.3 is 5.11 Å². The molecular weight excluding hydrogens is 400 g/mol. The molecule has 3 heteroatoms. The summed E-state index contributed by atoms with van der Waals surface area (Å²) in [6, 6.07) is 16.2. The number of carbonyl (C=O) groups is 1. The van der Waals surface area contributed by atoms with Crippen molar-refractivity contribution in [2.24, 2.45) is 0 Å². The van der Waals surface area contributed by atoms with E-state index >= 15 is 0 Å². The van der Waals surface area contributed by atoms with Gasteiger partial charge >= 0.3 is 5.97 Å². The quantitative estimate of drug-likeness (QED) is 0.305. The minimum absolute atomic E-state index is 0.150. The predicted molar refractivity (Wildman–Crippen MR) is 132 cm³/mol. The van der Waals surface area contributed by atoms with Crippen molar-refractivity contribution in [1.29, 1.82) is 0 Å². The van der Waals surface area contributed by atoms with Gasteiger partial charge in [0.15, 0.2) is 0 Å². The highest BCUT2D eigenvalue weighted by atomic mass is 32.2. The van der Waals surface area contributed by atoms with Crippen LogP contribution in [0.5, 0.6) is 0 Å². The van der Waals surface area contributed by atoms with Gasteiger partial charge in [0.2, 0.25) is 0 Å². The molecule has 1 N–H and O–H groups in total. The number of aryl methyl sites for hydroxylation is 2. The molecule has 0 saturated carbocycles. The lowest BCUT2D eigenvalue weighted by Gasteiger charge is -2.43. The van der Waals surface area contributed by atoms with Gasteiger partial charge in [-0.25, -0.2) is 0 Å². The summed E-state index contributed by atoms with van der Waals surface area (Å²) in [5, 5.41) is 8.70. The second kappa shape index (κ2) is 11.0. The van der Waals surface area contributed by atoms with Crippen LogP contribution in [0.15, 0.2) is 59.5 Å². The summed E-state index contributed by atoms with van der Waals surface area (Å²) < 4.78 is 0. The summed E-state index contributed by atoms with van der Waals surface area (Å²) >= 11 is 2.02. The number of aliphatic carboxylic acids is 1. The van der Waals surface area contributed by atoms with Gasteiger partial charge in [-0.1, -0.05) is 79.4 Å². The van der Waals surface area contributed by atoms with Crippen molar-refractivity contribution in [3.63, 3.8) is 0 Å². The van der Waals surface area contributed by atoms with Gasteiger partial charge in [-0.15, -0.1) is 11.8 Å². The molecule has 1 aliphatic rings. The highest BCUT2D eigenvalue weighted by Crippen LogP contribution is 2.52. The van der Waals surface area contributed by atoms with Gasteiger partial charge in [0.1, 0.15) is 0 Å². The van der Waals surface area contributed by atoms with Crippen LogP contribution >= 0.6 is 11.8 Å². The van der Waals surface area contributed by atoms with Crippen LogP contribution < -0.4 is 0 Å². The molecular formula is C28H36O2S. The minimum atomic E-state index is -0.720. The molecule has 0 fully saturated rings. The zero-order valence-corrected chi connectivity index (χ0v) is 20.0. The fraction of sp³-hybridized carbons (Fsp3) is 0.464. The summed E-state index contributed by atoms with van der Waals surface area (Å²) in [5.74, 6) is 0.948. The molecule has 2 unspecified atom stereocenters. The third-order valence-corrected chi connectivity index (χ3v) is 8.02. The molecule has 0 amide bonds. The van der Waals surface area contributed by atoms with Crippen LogP contribution in [-0.4, -0.2) is 16.8 Å². The zero-order chi connectivity index (χ0) is 22.3. The average molecular weight is 437 g/mol. The first-order valence-corrected chi connectivity index (χ1v) is 12.6. The van der Waals surface area contributed by atoms with Crippen LogP contribution in [0.1, 0.15) is 80.0 Å². The average Bonchev–Trinajstić information content (AvgIpc) is 2.74. The molecule has 2 nitrogen and oxygen atoms in total. The molecule has 0 bridgehead atoms. The smallest absolute Gasteiger partial charge is 0.303 e. The van der Waals surface area contributed by atoms with E-state index in [1.165, 1.54) is 52.8 Å². The van der Waals surface area contributed by atoms with Gasteiger partial charge in [-0.3, -0.25) is 4.79 Å². The van der Waals surface area contributed by atoms with Crippen molar-refractivity contribution in [2.45, 2.75) is 81.9 Å². The third kappa shape index (κ3) is 6.26. The normalized spacial score (nSPS) is 20.7. The topological polar surface area (TPSA) is 37.3 Å². The summed E-state index contributed by atoms with van der Waals surface area (Å²) in [4.78, 5) is 12.0. The van der Waals surface area contributed by atoms with E-state index < -0.39 is 5.97 Å². The van der Waals surface area contributed by atoms with Crippen LogP contribution in [0.25, 0.3) is 0 Å². The number of fused-ring (bicyclic) bond motifs is 1. The zero-order valence-electron chi connectivity index (χ0n) is 19.2. The van der Waals surface area contributed by atoms with E-state index in [0.717, 1.165) is 12.2 Å². The van der Waals surface area contributed by atoms with Crippen molar-refractivity contribution < 1.29 is 9.90 Å². The Hall–Kier alpha value is -2.00. The van der Waals surface area contributed by atoms with Gasteiger partial charge in [-0.2, -0.15) is 0 Å². The summed E-state index contributed by atoms with van der Waals surface area (Å²) in [6.45, 7) is 6.81. The number of allylic oxidation sites excluding steroid dienone is 2. The van der Waals surface area contributed by atoms with E-state index in [1.807, 2.05) is 17.8 Å². The number of hydrogen-bond acceptors (Lipinski definition) is 2. The molecule has 0 spiro atoms. The molecule has 31 heavy (non-hydrogen) atoms. The molecule has 0 aromatic heterocycles. The molecule has 2 atom stereocenters. The van der Waals surface area contributed by atoms with Crippen molar-refractivity contribution in [2.75, 3.05) is 5.75 Å². The Morgan fingerprint density at radius 3 is 2.48 bits per heavy atom. The number of carboxylic acid groups (broad SMARTS) is 1. The second-order valence-electron chi connectivity index (χ2n) is 9.21. The molecule has 0 saturated heterocycles. The molecule has 1 aliphatic heterocycles. The van der Waals surface area contributed by atoms with Crippen molar-refractivity contribution in [3.05, 3.63) is 76.9 Å². The van der Waals surface area contributed by atoms with E-state index in [0.29, 0.717) is 12.3 Å². The summed E-state index contributed by atoms with van der Waals surface area (Å²) in [5.41, 5.74) is 5.80. The number of hydrogen-bond donors (Lipinski definition) is 1. The number of rotatable bonds is 10. The Morgan fingerprint density at radius 2 is 1.74 bits per heavy atom. The first kappa shape index (κ1) is 23.7. The Morgan fingerprint density at radius 1 is 1.03 bits per heavy atom. The number of benzene rings is 2. The Labute approximate surface area is 192 Å².